The van der Waals surface area contributed by atoms with Gasteiger partial charge in [-0.05, 0) is 19.1 Å². The molecular formula is C19H17N3O2. The van der Waals surface area contributed by atoms with Gasteiger partial charge in [0, 0.05) is 24.2 Å². The molecule has 1 aromatic heterocycles. The number of amides is 1. The minimum absolute atomic E-state index is 0.0660. The third-order valence-electron chi connectivity index (χ3n) is 4.29. The average Bonchev–Trinajstić information content (AvgIpc) is 3.23. The van der Waals surface area contributed by atoms with Crippen LogP contribution in [0.15, 0.2) is 59.1 Å². The van der Waals surface area contributed by atoms with E-state index >= 15 is 0 Å². The maximum atomic E-state index is 12.4. The summed E-state index contributed by atoms with van der Waals surface area (Å²) in [5, 5.41) is 4.05. The molecule has 0 bridgehead atoms. The van der Waals surface area contributed by atoms with E-state index in [9.17, 15) is 4.79 Å². The predicted molar refractivity (Wildman–Crippen MR) is 90.6 cm³/mol. The van der Waals surface area contributed by atoms with E-state index in [-0.39, 0.29) is 11.8 Å². The predicted octanol–water partition coefficient (Wildman–Crippen LogP) is 3.57. The van der Waals surface area contributed by atoms with Crippen molar-refractivity contribution in [1.29, 1.82) is 0 Å². The van der Waals surface area contributed by atoms with Crippen LogP contribution in [0, 0.1) is 6.92 Å². The highest BCUT2D eigenvalue weighted by Gasteiger charge is 2.35. The molecule has 2 heterocycles. The zero-order valence-electron chi connectivity index (χ0n) is 13.3. The number of nitrogens with zero attached hydrogens (tertiary/aromatic N) is 3. The molecule has 24 heavy (non-hydrogen) atoms. The Morgan fingerprint density at radius 3 is 2.58 bits per heavy atom. The lowest BCUT2D eigenvalue weighted by Crippen LogP contribution is -2.24. The molecule has 2 aromatic carbocycles. The molecule has 1 atom stereocenters. The smallest absolute Gasteiger partial charge is 0.232 e. The Kier molecular flexibility index (Phi) is 3.61. The first-order valence-electron chi connectivity index (χ1n) is 7.97. The lowest BCUT2D eigenvalue weighted by atomic mass is 10.1. The molecule has 0 saturated carbocycles. The van der Waals surface area contributed by atoms with E-state index in [0.29, 0.717) is 24.7 Å². The van der Waals surface area contributed by atoms with Crippen LogP contribution in [-0.2, 0) is 4.79 Å². The number of aryl methyl sites for hydroxylation is 1. The summed E-state index contributed by atoms with van der Waals surface area (Å²) in [6, 6.07) is 17.6. The fourth-order valence-corrected chi connectivity index (χ4v) is 2.95. The zero-order valence-corrected chi connectivity index (χ0v) is 13.3. The van der Waals surface area contributed by atoms with E-state index < -0.39 is 0 Å². The van der Waals surface area contributed by atoms with Gasteiger partial charge in [-0.3, -0.25) is 4.79 Å². The molecule has 1 saturated heterocycles. The first-order chi connectivity index (χ1) is 11.7. The second-order valence-electron chi connectivity index (χ2n) is 6.06. The quantitative estimate of drug-likeness (QED) is 0.740. The van der Waals surface area contributed by atoms with Crippen LogP contribution in [0.5, 0.6) is 0 Å². The van der Waals surface area contributed by atoms with E-state index in [2.05, 4.69) is 10.1 Å². The SMILES string of the molecule is Cc1ccc(N2C[C@H](c3nc(-c4ccccc4)no3)CC2=O)cc1. The van der Waals surface area contributed by atoms with Gasteiger partial charge in [0.25, 0.3) is 0 Å². The molecule has 5 heteroatoms. The van der Waals surface area contributed by atoms with Gasteiger partial charge in [0.2, 0.25) is 17.6 Å². The Morgan fingerprint density at radius 2 is 1.83 bits per heavy atom. The lowest BCUT2D eigenvalue weighted by Gasteiger charge is -2.16. The minimum Gasteiger partial charge on any atom is -0.339 e. The van der Waals surface area contributed by atoms with Gasteiger partial charge in [0.15, 0.2) is 0 Å². The van der Waals surface area contributed by atoms with Crippen molar-refractivity contribution in [2.45, 2.75) is 19.3 Å². The van der Waals surface area contributed by atoms with Crippen molar-refractivity contribution in [3.8, 4) is 11.4 Å². The Morgan fingerprint density at radius 1 is 1.08 bits per heavy atom. The van der Waals surface area contributed by atoms with Crippen LogP contribution in [0.2, 0.25) is 0 Å². The molecule has 0 aliphatic carbocycles. The van der Waals surface area contributed by atoms with Crippen LogP contribution >= 0.6 is 0 Å². The molecule has 1 amide bonds. The Hall–Kier alpha value is -2.95. The van der Waals surface area contributed by atoms with E-state index in [0.717, 1.165) is 11.3 Å². The van der Waals surface area contributed by atoms with Crippen molar-refractivity contribution >= 4 is 11.6 Å². The fourth-order valence-electron chi connectivity index (χ4n) is 2.95. The minimum atomic E-state index is -0.0660. The first-order valence-corrected chi connectivity index (χ1v) is 7.97. The molecule has 0 N–H and O–H groups in total. The van der Waals surface area contributed by atoms with Gasteiger partial charge in [-0.2, -0.15) is 4.98 Å². The van der Waals surface area contributed by atoms with Crippen molar-refractivity contribution in [2.75, 3.05) is 11.4 Å². The molecule has 0 unspecified atom stereocenters. The summed E-state index contributed by atoms with van der Waals surface area (Å²) >= 11 is 0. The van der Waals surface area contributed by atoms with Gasteiger partial charge < -0.3 is 9.42 Å². The highest BCUT2D eigenvalue weighted by molar-refractivity contribution is 5.96. The number of aromatic nitrogens is 2. The fraction of sp³-hybridized carbons (Fsp3) is 0.211. The van der Waals surface area contributed by atoms with Crippen LogP contribution in [0.25, 0.3) is 11.4 Å². The van der Waals surface area contributed by atoms with Gasteiger partial charge in [-0.1, -0.05) is 53.2 Å². The number of hydrogen-bond acceptors (Lipinski definition) is 4. The number of benzene rings is 2. The molecule has 1 fully saturated rings. The van der Waals surface area contributed by atoms with Gasteiger partial charge in [0.1, 0.15) is 0 Å². The van der Waals surface area contributed by atoms with Gasteiger partial charge >= 0.3 is 0 Å². The Bertz CT molecular complexity index is 856. The van der Waals surface area contributed by atoms with Crippen LogP contribution in [0.3, 0.4) is 0 Å². The number of hydrogen-bond donors (Lipinski definition) is 0. The second-order valence-corrected chi connectivity index (χ2v) is 6.06. The zero-order chi connectivity index (χ0) is 16.5. The lowest BCUT2D eigenvalue weighted by molar-refractivity contribution is -0.117. The summed E-state index contributed by atoms with van der Waals surface area (Å²) in [6.45, 7) is 2.60. The van der Waals surface area contributed by atoms with E-state index in [1.54, 1.807) is 4.90 Å². The van der Waals surface area contributed by atoms with E-state index in [1.165, 1.54) is 5.56 Å². The number of carbonyl (C=O) groups excluding carboxylic acids is 1. The molecule has 1 aliphatic rings. The summed E-state index contributed by atoms with van der Waals surface area (Å²) in [6.07, 6.45) is 0.393. The van der Waals surface area contributed by atoms with Crippen LogP contribution in [0.1, 0.15) is 23.8 Å². The molecule has 0 radical (unpaired) electrons. The Balaban J connectivity index is 1.55. The highest BCUT2D eigenvalue weighted by atomic mass is 16.5. The summed E-state index contributed by atoms with van der Waals surface area (Å²) < 4.78 is 5.41. The standard InChI is InChI=1S/C19H17N3O2/c1-13-7-9-16(10-8-13)22-12-15(11-17(22)23)19-20-18(21-24-19)14-5-3-2-4-6-14/h2-10,15H,11-12H2,1H3/t15-/m1/s1. The summed E-state index contributed by atoms with van der Waals surface area (Å²) in [5.41, 5.74) is 2.99. The monoisotopic (exact) mass is 319 g/mol. The molecule has 1 aliphatic heterocycles. The molecule has 4 rings (SSSR count). The first kappa shape index (κ1) is 14.6. The molecule has 3 aromatic rings. The molecule has 120 valence electrons. The van der Waals surface area contributed by atoms with Crippen LogP contribution in [-0.4, -0.2) is 22.6 Å². The third kappa shape index (κ3) is 2.69. The summed E-state index contributed by atoms with van der Waals surface area (Å²) in [5.74, 6) is 1.11. The van der Waals surface area contributed by atoms with Gasteiger partial charge in [-0.25, -0.2) is 0 Å². The molecule has 5 nitrogen and oxygen atoms in total. The van der Waals surface area contributed by atoms with Crippen molar-refractivity contribution in [1.82, 2.24) is 10.1 Å². The van der Waals surface area contributed by atoms with Crippen LogP contribution in [0.4, 0.5) is 5.69 Å². The topological polar surface area (TPSA) is 59.2 Å². The van der Waals surface area contributed by atoms with Crippen molar-refractivity contribution < 1.29 is 9.32 Å². The largest absolute Gasteiger partial charge is 0.339 e. The maximum Gasteiger partial charge on any atom is 0.232 e. The van der Waals surface area contributed by atoms with E-state index in [1.807, 2.05) is 61.5 Å². The highest BCUT2D eigenvalue weighted by Crippen LogP contribution is 2.32. The van der Waals surface area contributed by atoms with Crippen LogP contribution < -0.4 is 4.90 Å². The third-order valence-corrected chi connectivity index (χ3v) is 4.29. The normalized spacial score (nSPS) is 17.5. The molecular weight excluding hydrogens is 302 g/mol. The Labute approximate surface area is 139 Å². The van der Waals surface area contributed by atoms with Crippen molar-refractivity contribution in [3.05, 3.63) is 66.1 Å². The van der Waals surface area contributed by atoms with E-state index in [4.69, 9.17) is 4.52 Å². The average molecular weight is 319 g/mol. The second kappa shape index (κ2) is 5.92. The summed E-state index contributed by atoms with van der Waals surface area (Å²) in [7, 11) is 0. The van der Waals surface area contributed by atoms with Crippen molar-refractivity contribution in [2.24, 2.45) is 0 Å². The summed E-state index contributed by atoms with van der Waals surface area (Å²) in [4.78, 5) is 18.6. The maximum absolute atomic E-state index is 12.4. The number of rotatable bonds is 3. The van der Waals surface area contributed by atoms with Crippen molar-refractivity contribution in [3.63, 3.8) is 0 Å². The number of anilines is 1. The number of carbonyl (C=O) groups is 1. The van der Waals surface area contributed by atoms with Gasteiger partial charge in [-0.15, -0.1) is 0 Å². The van der Waals surface area contributed by atoms with Gasteiger partial charge in [0.05, 0.1) is 5.92 Å². The molecule has 0 spiro atoms.